The molecule has 252 valence electrons. The summed E-state index contributed by atoms with van der Waals surface area (Å²) in [4.78, 5) is 23.6. The van der Waals surface area contributed by atoms with E-state index in [9.17, 15) is 41.0 Å². The maximum Gasteiger partial charge on any atom is 0.490 e. The van der Waals surface area contributed by atoms with Crippen LogP contribution in [0, 0.1) is 5.82 Å². The fourth-order valence-corrected chi connectivity index (χ4v) is 7.16. The van der Waals surface area contributed by atoms with Crippen molar-refractivity contribution in [2.45, 2.75) is 42.9 Å². The smallest absolute Gasteiger partial charge is 0.490 e. The molecule has 1 aliphatic rings. The Morgan fingerprint density at radius 2 is 1.70 bits per heavy atom. The zero-order chi connectivity index (χ0) is 34.4. The average molecular weight is 713 g/mol. The molecule has 18 heteroatoms. The van der Waals surface area contributed by atoms with Crippen LogP contribution in [0.1, 0.15) is 30.6 Å². The second kappa shape index (κ2) is 15.3. The van der Waals surface area contributed by atoms with Crippen LogP contribution in [0.15, 0.2) is 46.7 Å². The number of carboxylic acids is 1. The van der Waals surface area contributed by atoms with Gasteiger partial charge in [-0.05, 0) is 56.7 Å². The third-order valence-corrected chi connectivity index (χ3v) is 9.45. The van der Waals surface area contributed by atoms with Gasteiger partial charge >= 0.3 is 18.1 Å². The second-order valence-electron chi connectivity index (χ2n) is 10.1. The predicted octanol–water partition coefficient (Wildman–Crippen LogP) is 5.71. The highest BCUT2D eigenvalue weighted by Gasteiger charge is 2.38. The number of hydrogen-bond acceptors (Lipinski definition) is 10. The van der Waals surface area contributed by atoms with E-state index in [4.69, 9.17) is 31.0 Å². The number of ether oxygens (including phenoxy) is 2. The molecule has 1 aromatic heterocycles. The average Bonchev–Trinajstić information content (AvgIpc) is 3.34. The minimum atomic E-state index is -5.08. The number of carbonyl (C=O) groups is 2. The van der Waals surface area contributed by atoms with Crippen molar-refractivity contribution in [2.75, 3.05) is 31.0 Å². The number of nitrogens with zero attached hydrogens (tertiary/aromatic N) is 1. The Morgan fingerprint density at radius 3 is 2.28 bits per heavy atom. The molecule has 0 radical (unpaired) electrons. The Kier molecular flexibility index (Phi) is 12.2. The van der Waals surface area contributed by atoms with E-state index < -0.39 is 39.7 Å². The molecule has 2 atom stereocenters. The van der Waals surface area contributed by atoms with Gasteiger partial charge in [0.2, 0.25) is 0 Å². The number of rotatable bonds is 9. The largest absolute Gasteiger partial charge is 0.507 e. The normalized spacial score (nSPS) is 17.1. The van der Waals surface area contributed by atoms with E-state index in [1.54, 1.807) is 0 Å². The third kappa shape index (κ3) is 10.2. The van der Waals surface area contributed by atoms with Crippen LogP contribution >= 0.6 is 22.9 Å². The van der Waals surface area contributed by atoms with E-state index in [2.05, 4.69) is 9.62 Å². The summed E-state index contributed by atoms with van der Waals surface area (Å²) in [6.45, 7) is 6.55. The van der Waals surface area contributed by atoms with Crippen LogP contribution in [-0.4, -0.2) is 85.2 Å². The van der Waals surface area contributed by atoms with Crippen LogP contribution in [0.25, 0.3) is 11.1 Å². The fraction of sp³-hybridized carbons (Fsp3) is 0.357. The first-order chi connectivity index (χ1) is 21.4. The lowest BCUT2D eigenvalue weighted by Gasteiger charge is -2.35. The number of phenols is 2. The highest BCUT2D eigenvalue weighted by atomic mass is 35.5. The lowest BCUT2D eigenvalue weighted by atomic mass is 10.1. The number of thiophene rings is 1. The molecular weight excluding hydrogens is 684 g/mol. The summed E-state index contributed by atoms with van der Waals surface area (Å²) in [5.74, 6) is -4.82. The number of carboxylic acid groups (broad SMARTS) is 1. The van der Waals surface area contributed by atoms with Gasteiger partial charge in [0.05, 0.1) is 24.5 Å². The molecule has 4 N–H and O–H groups in total. The molecule has 2 aromatic carbocycles. The molecule has 2 unspecified atom stereocenters. The molecule has 46 heavy (non-hydrogen) atoms. The van der Waals surface area contributed by atoms with Crippen molar-refractivity contribution >= 4 is 50.6 Å². The summed E-state index contributed by atoms with van der Waals surface area (Å²) in [5, 5.41) is 27.5. The van der Waals surface area contributed by atoms with Gasteiger partial charge in [0.1, 0.15) is 31.4 Å². The van der Waals surface area contributed by atoms with E-state index in [0.29, 0.717) is 6.42 Å². The number of sulfonamides is 1. The molecule has 0 amide bonds. The Labute approximate surface area is 270 Å². The lowest BCUT2D eigenvalue weighted by molar-refractivity contribution is -0.192. The molecule has 0 saturated carbocycles. The maximum atomic E-state index is 13.7. The minimum Gasteiger partial charge on any atom is -0.507 e. The van der Waals surface area contributed by atoms with Gasteiger partial charge in [-0.1, -0.05) is 11.6 Å². The van der Waals surface area contributed by atoms with Gasteiger partial charge in [-0.2, -0.15) is 13.2 Å². The zero-order valence-corrected chi connectivity index (χ0v) is 26.6. The van der Waals surface area contributed by atoms with Gasteiger partial charge in [-0.25, -0.2) is 22.4 Å². The number of nitrogens with one attached hydrogen (secondary N) is 1. The Hall–Kier alpha value is -3.64. The van der Waals surface area contributed by atoms with Crippen molar-refractivity contribution in [3.8, 4) is 22.6 Å². The summed E-state index contributed by atoms with van der Waals surface area (Å²) in [5.41, 5.74) is 0.0961. The number of alkyl halides is 3. The standard InChI is InChI=1S/C26H28ClFN2O7S2.C2HF3O2/c1-15-13-30(14-16(2)37-15)8-3-9-36-26(33)19-6-5-18(11-23(19)32)29-39(34,35)24-12-21(25(27)38-24)20-10-17(28)4-7-22(20)31;3-2(4,5)1(6)7/h4-7,10-12,15-16,29,31-32H,3,8-9,13-14H2,1-2H3;(H,6,7). The first-order valence-electron chi connectivity index (χ1n) is 13.4. The predicted molar refractivity (Wildman–Crippen MR) is 160 cm³/mol. The quantitative estimate of drug-likeness (QED) is 0.123. The van der Waals surface area contributed by atoms with E-state index in [1.165, 1.54) is 18.2 Å². The zero-order valence-electron chi connectivity index (χ0n) is 24.2. The number of anilines is 1. The summed E-state index contributed by atoms with van der Waals surface area (Å²) in [6, 6.07) is 8.15. The maximum absolute atomic E-state index is 13.7. The molecule has 1 fully saturated rings. The van der Waals surface area contributed by atoms with Crippen LogP contribution in [0.4, 0.5) is 23.2 Å². The van der Waals surface area contributed by atoms with Gasteiger partial charge in [-0.15, -0.1) is 11.3 Å². The molecular formula is C28H29ClF4N2O9S2. The molecule has 0 spiro atoms. The number of hydrogen-bond donors (Lipinski definition) is 4. The SMILES string of the molecule is CC1CN(CCCOC(=O)c2ccc(NS(=O)(=O)c3cc(-c4cc(F)ccc4O)c(Cl)s3)cc2O)CC(C)O1.O=C(O)C(F)(F)F. The summed E-state index contributed by atoms with van der Waals surface area (Å²) < 4.78 is 84.4. The van der Waals surface area contributed by atoms with Crippen LogP contribution in [0.5, 0.6) is 11.5 Å². The molecule has 4 rings (SSSR count). The molecule has 1 saturated heterocycles. The molecule has 0 bridgehead atoms. The number of aromatic hydroxyl groups is 2. The van der Waals surface area contributed by atoms with Gasteiger partial charge in [0.25, 0.3) is 10.0 Å². The monoisotopic (exact) mass is 712 g/mol. The molecule has 0 aliphatic carbocycles. The fourth-order valence-electron chi connectivity index (χ4n) is 4.36. The number of phenolic OH excluding ortho intramolecular Hbond substituents is 2. The van der Waals surface area contributed by atoms with Crippen LogP contribution in [-0.2, 0) is 24.3 Å². The first-order valence-corrected chi connectivity index (χ1v) is 16.0. The van der Waals surface area contributed by atoms with Crippen molar-refractivity contribution in [2.24, 2.45) is 0 Å². The molecule has 11 nitrogen and oxygen atoms in total. The van der Waals surface area contributed by atoms with E-state index in [-0.39, 0.29) is 55.5 Å². The van der Waals surface area contributed by atoms with Crippen LogP contribution in [0.3, 0.4) is 0 Å². The van der Waals surface area contributed by atoms with E-state index in [1.807, 2.05) is 13.8 Å². The van der Waals surface area contributed by atoms with Crippen molar-refractivity contribution in [1.29, 1.82) is 0 Å². The third-order valence-electron chi connectivity index (χ3n) is 6.24. The first kappa shape index (κ1) is 36.8. The highest BCUT2D eigenvalue weighted by Crippen LogP contribution is 2.42. The minimum absolute atomic E-state index is 0.000665. The van der Waals surface area contributed by atoms with Crippen molar-refractivity contribution in [3.05, 3.63) is 58.2 Å². The highest BCUT2D eigenvalue weighted by molar-refractivity contribution is 7.94. The van der Waals surface area contributed by atoms with Gasteiger partial charge in [0, 0.05) is 36.8 Å². The number of halogens is 5. The number of morpholine rings is 1. The van der Waals surface area contributed by atoms with E-state index in [0.717, 1.165) is 55.2 Å². The Balaban J connectivity index is 0.000000738. The van der Waals surface area contributed by atoms with Crippen molar-refractivity contribution in [1.82, 2.24) is 4.90 Å². The molecule has 2 heterocycles. The Bertz CT molecular complexity index is 1660. The number of esters is 1. The second-order valence-corrected chi connectivity index (χ2v) is 13.6. The van der Waals surface area contributed by atoms with Crippen LogP contribution < -0.4 is 4.72 Å². The van der Waals surface area contributed by atoms with Gasteiger partial charge in [-0.3, -0.25) is 9.62 Å². The molecule has 1 aliphatic heterocycles. The number of carbonyl (C=O) groups excluding carboxylic acids is 1. The number of benzene rings is 2. The van der Waals surface area contributed by atoms with Crippen molar-refractivity contribution < 1.29 is 60.4 Å². The van der Waals surface area contributed by atoms with E-state index >= 15 is 0 Å². The van der Waals surface area contributed by atoms with Crippen molar-refractivity contribution in [3.63, 3.8) is 0 Å². The topological polar surface area (TPSA) is 163 Å². The number of aliphatic carboxylic acids is 1. The molecule has 3 aromatic rings. The van der Waals surface area contributed by atoms with Gasteiger partial charge < -0.3 is 24.8 Å². The van der Waals surface area contributed by atoms with Gasteiger partial charge in [0.15, 0.2) is 0 Å². The Morgan fingerprint density at radius 1 is 1.07 bits per heavy atom. The summed E-state index contributed by atoms with van der Waals surface area (Å²) >= 11 is 6.91. The summed E-state index contributed by atoms with van der Waals surface area (Å²) in [6.07, 6.45) is -4.18. The summed E-state index contributed by atoms with van der Waals surface area (Å²) in [7, 11) is -4.16. The lowest BCUT2D eigenvalue weighted by Crippen LogP contribution is -2.45. The van der Waals surface area contributed by atoms with Crippen LogP contribution in [0.2, 0.25) is 4.34 Å².